The van der Waals surface area contributed by atoms with Gasteiger partial charge in [0.15, 0.2) is 0 Å². The standard InChI is InChI=1S/C6H12INS/c1-5(7)8-9-6(2,3)4/h1-4H3/b8-5-. The second kappa shape index (κ2) is 3.81. The molecule has 1 nitrogen and oxygen atoms in total. The maximum atomic E-state index is 4.22. The van der Waals surface area contributed by atoms with Crippen LogP contribution in [0.15, 0.2) is 4.40 Å². The summed E-state index contributed by atoms with van der Waals surface area (Å²) in [5.41, 5.74) is 0. The van der Waals surface area contributed by atoms with E-state index in [9.17, 15) is 0 Å². The molecule has 0 saturated heterocycles. The minimum Gasteiger partial charge on any atom is -0.214 e. The summed E-state index contributed by atoms with van der Waals surface area (Å²) in [5.74, 6) is 0. The molecule has 0 radical (unpaired) electrons. The number of nitrogens with zero attached hydrogens (tertiary/aromatic N) is 1. The summed E-state index contributed by atoms with van der Waals surface area (Å²) in [6, 6.07) is 0. The number of halogens is 1. The number of rotatable bonds is 1. The lowest BCUT2D eigenvalue weighted by Crippen LogP contribution is -2.05. The minimum absolute atomic E-state index is 0.256. The molecule has 0 aliphatic rings. The lowest BCUT2D eigenvalue weighted by atomic mass is 10.3. The van der Waals surface area contributed by atoms with Gasteiger partial charge in [-0.25, -0.2) is 4.40 Å². The molecular formula is C6H12INS. The fraction of sp³-hybridized carbons (Fsp3) is 0.833. The van der Waals surface area contributed by atoms with Crippen LogP contribution < -0.4 is 0 Å². The van der Waals surface area contributed by atoms with Crippen LogP contribution in [0.1, 0.15) is 27.7 Å². The first-order valence-electron chi connectivity index (χ1n) is 2.80. The molecule has 0 rings (SSSR count). The molecule has 0 aromatic rings. The monoisotopic (exact) mass is 257 g/mol. The molecule has 0 saturated carbocycles. The van der Waals surface area contributed by atoms with Gasteiger partial charge in [-0.3, -0.25) is 0 Å². The zero-order valence-electron chi connectivity index (χ0n) is 6.23. The van der Waals surface area contributed by atoms with Gasteiger partial charge in [-0.15, -0.1) is 0 Å². The van der Waals surface area contributed by atoms with Crippen molar-refractivity contribution in [1.82, 2.24) is 0 Å². The van der Waals surface area contributed by atoms with Gasteiger partial charge in [0.2, 0.25) is 0 Å². The molecule has 0 fully saturated rings. The van der Waals surface area contributed by atoms with Crippen molar-refractivity contribution in [2.75, 3.05) is 0 Å². The van der Waals surface area contributed by atoms with Crippen LogP contribution >= 0.6 is 34.5 Å². The summed E-state index contributed by atoms with van der Waals surface area (Å²) in [5, 5.41) is 0. The maximum absolute atomic E-state index is 4.22. The zero-order chi connectivity index (χ0) is 7.49. The van der Waals surface area contributed by atoms with Gasteiger partial charge in [0.25, 0.3) is 0 Å². The average molecular weight is 257 g/mol. The van der Waals surface area contributed by atoms with Gasteiger partial charge in [-0.2, -0.15) is 0 Å². The first kappa shape index (κ1) is 9.75. The Hall–Kier alpha value is 0.750. The molecule has 0 aromatic heterocycles. The highest BCUT2D eigenvalue weighted by molar-refractivity contribution is 14.1. The van der Waals surface area contributed by atoms with Crippen molar-refractivity contribution in [3.8, 4) is 0 Å². The molecule has 0 aliphatic carbocycles. The van der Waals surface area contributed by atoms with Crippen molar-refractivity contribution in [1.29, 1.82) is 0 Å². The Morgan fingerprint density at radius 3 is 2.00 bits per heavy atom. The lowest BCUT2D eigenvalue weighted by Gasteiger charge is -2.12. The highest BCUT2D eigenvalue weighted by Crippen LogP contribution is 2.24. The van der Waals surface area contributed by atoms with E-state index in [1.807, 2.05) is 6.92 Å². The van der Waals surface area contributed by atoms with Gasteiger partial charge in [0.1, 0.15) is 0 Å². The Bertz CT molecular complexity index is 111. The molecule has 0 amide bonds. The topological polar surface area (TPSA) is 12.4 Å². The molecule has 0 unspecified atom stereocenters. The van der Waals surface area contributed by atoms with Crippen molar-refractivity contribution in [3.05, 3.63) is 0 Å². The molecular weight excluding hydrogens is 245 g/mol. The summed E-state index contributed by atoms with van der Waals surface area (Å²) >= 11 is 3.83. The first-order chi connectivity index (χ1) is 3.92. The third kappa shape index (κ3) is 8.75. The largest absolute Gasteiger partial charge is 0.214 e. The van der Waals surface area contributed by atoms with Crippen LogP contribution in [0, 0.1) is 0 Å². The lowest BCUT2D eigenvalue weighted by molar-refractivity contribution is 0.804. The van der Waals surface area contributed by atoms with Crippen LogP contribution in [-0.4, -0.2) is 8.47 Å². The number of hydrogen-bond acceptors (Lipinski definition) is 2. The third-order valence-electron chi connectivity index (χ3n) is 0.445. The quantitative estimate of drug-likeness (QED) is 0.399. The van der Waals surface area contributed by atoms with E-state index in [1.165, 1.54) is 0 Å². The van der Waals surface area contributed by atoms with Crippen LogP contribution in [-0.2, 0) is 0 Å². The summed E-state index contributed by atoms with van der Waals surface area (Å²) < 4.78 is 5.58. The van der Waals surface area contributed by atoms with Gasteiger partial charge in [0, 0.05) is 4.75 Å². The summed E-state index contributed by atoms with van der Waals surface area (Å²) in [6.07, 6.45) is 0. The SMILES string of the molecule is C/C(I)=N/SC(C)(C)C. The molecule has 0 heterocycles. The normalized spacial score (nSPS) is 14.1. The van der Waals surface area contributed by atoms with E-state index < -0.39 is 0 Å². The molecule has 54 valence electrons. The molecule has 0 spiro atoms. The zero-order valence-corrected chi connectivity index (χ0v) is 9.21. The predicted molar refractivity (Wildman–Crippen MR) is 54.5 cm³/mol. The molecule has 0 N–H and O–H groups in total. The summed E-state index contributed by atoms with van der Waals surface area (Å²) in [7, 11) is 0. The third-order valence-corrected chi connectivity index (χ3v) is 1.93. The molecule has 3 heteroatoms. The smallest absolute Gasteiger partial charge is 0.0836 e. The van der Waals surface area contributed by atoms with Crippen molar-refractivity contribution >= 4 is 38.3 Å². The Labute approximate surface area is 75.0 Å². The highest BCUT2D eigenvalue weighted by atomic mass is 127. The molecule has 0 aliphatic heterocycles. The minimum atomic E-state index is 0.256. The van der Waals surface area contributed by atoms with E-state index in [4.69, 9.17) is 0 Å². The molecule has 0 bridgehead atoms. The van der Waals surface area contributed by atoms with Crippen LogP contribution in [0.25, 0.3) is 0 Å². The fourth-order valence-corrected chi connectivity index (χ4v) is 0.895. The average Bonchev–Trinajstić information content (AvgIpc) is 1.59. The van der Waals surface area contributed by atoms with Gasteiger partial charge >= 0.3 is 0 Å². The van der Waals surface area contributed by atoms with Crippen LogP contribution in [0.2, 0.25) is 0 Å². The second-order valence-electron chi connectivity index (χ2n) is 2.79. The van der Waals surface area contributed by atoms with Gasteiger partial charge < -0.3 is 0 Å². The van der Waals surface area contributed by atoms with Crippen LogP contribution in [0.4, 0.5) is 0 Å². The van der Waals surface area contributed by atoms with Gasteiger partial charge in [-0.1, -0.05) is 0 Å². The van der Waals surface area contributed by atoms with Crippen molar-refractivity contribution in [3.63, 3.8) is 0 Å². The van der Waals surface area contributed by atoms with Crippen LogP contribution in [0.3, 0.4) is 0 Å². The summed E-state index contributed by atoms with van der Waals surface area (Å²) in [6.45, 7) is 8.46. The van der Waals surface area contributed by atoms with E-state index in [0.29, 0.717) is 0 Å². The number of hydrogen-bond donors (Lipinski definition) is 0. The molecule has 0 atom stereocenters. The predicted octanol–water partition coefficient (Wildman–Crippen LogP) is 3.29. The van der Waals surface area contributed by atoms with Crippen molar-refractivity contribution in [2.24, 2.45) is 4.40 Å². The van der Waals surface area contributed by atoms with E-state index in [0.717, 1.165) is 3.72 Å². The Balaban J connectivity index is 3.64. The van der Waals surface area contributed by atoms with E-state index >= 15 is 0 Å². The first-order valence-corrected chi connectivity index (χ1v) is 4.65. The van der Waals surface area contributed by atoms with E-state index in [-0.39, 0.29) is 4.75 Å². The fourth-order valence-electron chi connectivity index (χ4n) is 0.200. The highest BCUT2D eigenvalue weighted by Gasteiger charge is 2.09. The Morgan fingerprint density at radius 1 is 1.44 bits per heavy atom. The van der Waals surface area contributed by atoms with Crippen LogP contribution in [0.5, 0.6) is 0 Å². The molecule has 9 heavy (non-hydrogen) atoms. The van der Waals surface area contributed by atoms with E-state index in [2.05, 4.69) is 47.8 Å². The summed E-state index contributed by atoms with van der Waals surface area (Å²) in [4.78, 5) is 0. The maximum Gasteiger partial charge on any atom is 0.0836 e. The molecule has 0 aromatic carbocycles. The van der Waals surface area contributed by atoms with Crippen molar-refractivity contribution in [2.45, 2.75) is 32.4 Å². The Morgan fingerprint density at radius 2 is 1.89 bits per heavy atom. The van der Waals surface area contributed by atoms with Gasteiger partial charge in [0.05, 0.1) is 3.72 Å². The van der Waals surface area contributed by atoms with Gasteiger partial charge in [-0.05, 0) is 62.2 Å². The second-order valence-corrected chi connectivity index (χ2v) is 5.94. The van der Waals surface area contributed by atoms with Crippen molar-refractivity contribution < 1.29 is 0 Å². The Kier molecular flexibility index (Phi) is 4.12. The van der Waals surface area contributed by atoms with E-state index in [1.54, 1.807) is 11.9 Å².